The first-order chi connectivity index (χ1) is 7.58. The van der Waals surface area contributed by atoms with Crippen LogP contribution in [0.5, 0.6) is 5.75 Å². The summed E-state index contributed by atoms with van der Waals surface area (Å²) in [6.45, 7) is 1.65. The molecule has 1 aromatic carbocycles. The van der Waals surface area contributed by atoms with E-state index in [4.69, 9.17) is 15.3 Å². The van der Waals surface area contributed by atoms with Crippen LogP contribution in [-0.2, 0) is 15.1 Å². The van der Waals surface area contributed by atoms with Gasteiger partial charge in [0.2, 0.25) is 0 Å². The third-order valence-corrected chi connectivity index (χ3v) is 2.53. The second kappa shape index (κ2) is 4.96. The standard InChI is InChI=1S/C11H16N2O3/c1-11(13-12,10(14)16-3)8-5-4-6-9(7-8)15-2/h4-7,13H,12H2,1-3H3. The largest absolute Gasteiger partial charge is 0.497 e. The van der Waals surface area contributed by atoms with Crippen LogP contribution in [0.2, 0.25) is 0 Å². The predicted octanol–water partition coefficient (Wildman–Crippen LogP) is 0.547. The molecule has 0 heterocycles. The summed E-state index contributed by atoms with van der Waals surface area (Å²) in [6.07, 6.45) is 0. The van der Waals surface area contributed by atoms with E-state index < -0.39 is 11.5 Å². The number of hydrogen-bond acceptors (Lipinski definition) is 5. The molecule has 0 aromatic heterocycles. The van der Waals surface area contributed by atoms with Crippen molar-refractivity contribution < 1.29 is 14.3 Å². The van der Waals surface area contributed by atoms with Gasteiger partial charge in [-0.25, -0.2) is 10.2 Å². The summed E-state index contributed by atoms with van der Waals surface area (Å²) in [5.74, 6) is 5.62. The highest BCUT2D eigenvalue weighted by Crippen LogP contribution is 2.24. The molecule has 1 aromatic rings. The molecule has 1 rings (SSSR count). The molecule has 0 aliphatic carbocycles. The van der Waals surface area contributed by atoms with Gasteiger partial charge >= 0.3 is 5.97 Å². The predicted molar refractivity (Wildman–Crippen MR) is 59.7 cm³/mol. The van der Waals surface area contributed by atoms with Gasteiger partial charge in [0, 0.05) is 0 Å². The minimum atomic E-state index is -1.08. The third kappa shape index (κ3) is 2.15. The number of hydrogen-bond donors (Lipinski definition) is 2. The molecule has 0 fully saturated rings. The molecule has 1 atom stereocenters. The number of benzene rings is 1. The van der Waals surface area contributed by atoms with Crippen LogP contribution < -0.4 is 16.0 Å². The lowest BCUT2D eigenvalue weighted by Crippen LogP contribution is -2.50. The maximum Gasteiger partial charge on any atom is 0.331 e. The van der Waals surface area contributed by atoms with Gasteiger partial charge in [-0.05, 0) is 24.6 Å². The van der Waals surface area contributed by atoms with Gasteiger partial charge in [-0.1, -0.05) is 12.1 Å². The topological polar surface area (TPSA) is 73.6 Å². The van der Waals surface area contributed by atoms with Crippen molar-refractivity contribution in [2.45, 2.75) is 12.5 Å². The van der Waals surface area contributed by atoms with E-state index >= 15 is 0 Å². The Labute approximate surface area is 94.5 Å². The van der Waals surface area contributed by atoms with E-state index in [0.29, 0.717) is 11.3 Å². The van der Waals surface area contributed by atoms with E-state index in [9.17, 15) is 4.79 Å². The summed E-state index contributed by atoms with van der Waals surface area (Å²) in [5, 5.41) is 0. The van der Waals surface area contributed by atoms with Crippen LogP contribution in [-0.4, -0.2) is 20.2 Å². The molecule has 0 amide bonds. The average molecular weight is 224 g/mol. The number of ether oxygens (including phenoxy) is 2. The van der Waals surface area contributed by atoms with Crippen molar-refractivity contribution >= 4 is 5.97 Å². The summed E-state index contributed by atoms with van der Waals surface area (Å²) in [5.41, 5.74) is 2.07. The smallest absolute Gasteiger partial charge is 0.331 e. The second-order valence-electron chi connectivity index (χ2n) is 3.49. The number of nitrogens with two attached hydrogens (primary N) is 1. The zero-order valence-corrected chi connectivity index (χ0v) is 9.61. The van der Waals surface area contributed by atoms with Crippen LogP contribution in [0.1, 0.15) is 12.5 Å². The molecule has 88 valence electrons. The number of nitrogens with one attached hydrogen (secondary N) is 1. The zero-order chi connectivity index (χ0) is 12.2. The Hall–Kier alpha value is -1.59. The molecular formula is C11H16N2O3. The molecule has 0 aliphatic rings. The fraction of sp³-hybridized carbons (Fsp3) is 0.364. The van der Waals surface area contributed by atoms with Crippen LogP contribution in [0.15, 0.2) is 24.3 Å². The number of carbonyl (C=O) groups is 1. The molecule has 16 heavy (non-hydrogen) atoms. The van der Waals surface area contributed by atoms with Gasteiger partial charge in [0.05, 0.1) is 14.2 Å². The van der Waals surface area contributed by atoms with Crippen LogP contribution in [0.4, 0.5) is 0 Å². The Morgan fingerprint density at radius 1 is 1.44 bits per heavy atom. The van der Waals surface area contributed by atoms with Gasteiger partial charge in [-0.15, -0.1) is 0 Å². The quantitative estimate of drug-likeness (QED) is 0.444. The van der Waals surface area contributed by atoms with Gasteiger partial charge in [0.25, 0.3) is 0 Å². The van der Waals surface area contributed by atoms with Crippen molar-refractivity contribution in [2.24, 2.45) is 5.84 Å². The molecule has 1 unspecified atom stereocenters. The lowest BCUT2D eigenvalue weighted by molar-refractivity contribution is -0.148. The highest BCUT2D eigenvalue weighted by molar-refractivity contribution is 5.82. The number of esters is 1. The first-order valence-electron chi connectivity index (χ1n) is 4.79. The molecule has 0 saturated carbocycles. The van der Waals surface area contributed by atoms with E-state index in [1.807, 2.05) is 0 Å². The van der Waals surface area contributed by atoms with E-state index in [1.165, 1.54) is 7.11 Å². The lowest BCUT2D eigenvalue weighted by atomic mass is 9.93. The first kappa shape index (κ1) is 12.5. The Morgan fingerprint density at radius 3 is 2.62 bits per heavy atom. The normalized spacial score (nSPS) is 14.0. The van der Waals surface area contributed by atoms with Crippen molar-refractivity contribution in [3.05, 3.63) is 29.8 Å². The molecule has 0 saturated heterocycles. The van der Waals surface area contributed by atoms with Crippen molar-refractivity contribution in [2.75, 3.05) is 14.2 Å². The molecule has 0 spiro atoms. The molecule has 0 bridgehead atoms. The van der Waals surface area contributed by atoms with E-state index in [1.54, 1.807) is 38.3 Å². The Morgan fingerprint density at radius 2 is 2.12 bits per heavy atom. The van der Waals surface area contributed by atoms with Gasteiger partial charge in [0.1, 0.15) is 5.75 Å². The Balaban J connectivity index is 3.16. The molecule has 0 radical (unpaired) electrons. The van der Waals surface area contributed by atoms with Crippen LogP contribution in [0.25, 0.3) is 0 Å². The number of hydrazine groups is 1. The van der Waals surface area contributed by atoms with Crippen molar-refractivity contribution in [1.29, 1.82) is 0 Å². The first-order valence-corrected chi connectivity index (χ1v) is 4.79. The highest BCUT2D eigenvalue weighted by atomic mass is 16.5. The van der Waals surface area contributed by atoms with Gasteiger partial charge in [-0.3, -0.25) is 5.84 Å². The summed E-state index contributed by atoms with van der Waals surface area (Å²) in [4.78, 5) is 11.7. The molecular weight excluding hydrogens is 208 g/mol. The average Bonchev–Trinajstić information content (AvgIpc) is 2.36. The van der Waals surface area contributed by atoms with Gasteiger partial charge in [-0.2, -0.15) is 0 Å². The fourth-order valence-corrected chi connectivity index (χ4v) is 1.40. The van der Waals surface area contributed by atoms with Gasteiger partial charge in [0.15, 0.2) is 5.54 Å². The number of methoxy groups -OCH3 is 2. The minimum Gasteiger partial charge on any atom is -0.497 e. The van der Waals surface area contributed by atoms with E-state index in [0.717, 1.165) is 0 Å². The van der Waals surface area contributed by atoms with E-state index in [-0.39, 0.29) is 0 Å². The molecule has 3 N–H and O–H groups in total. The molecule has 5 nitrogen and oxygen atoms in total. The second-order valence-corrected chi connectivity index (χ2v) is 3.49. The summed E-state index contributed by atoms with van der Waals surface area (Å²) in [6, 6.07) is 7.08. The van der Waals surface area contributed by atoms with Crippen molar-refractivity contribution in [3.63, 3.8) is 0 Å². The maximum atomic E-state index is 11.7. The SMILES string of the molecule is COC(=O)C(C)(NN)c1cccc(OC)c1. The lowest BCUT2D eigenvalue weighted by Gasteiger charge is -2.26. The summed E-state index contributed by atoms with van der Waals surface area (Å²) >= 11 is 0. The fourth-order valence-electron chi connectivity index (χ4n) is 1.40. The highest BCUT2D eigenvalue weighted by Gasteiger charge is 2.35. The van der Waals surface area contributed by atoms with Crippen molar-refractivity contribution in [1.82, 2.24) is 5.43 Å². The molecule has 5 heteroatoms. The van der Waals surface area contributed by atoms with E-state index in [2.05, 4.69) is 5.43 Å². The zero-order valence-electron chi connectivity index (χ0n) is 9.61. The third-order valence-electron chi connectivity index (χ3n) is 2.53. The van der Waals surface area contributed by atoms with Crippen LogP contribution in [0.3, 0.4) is 0 Å². The van der Waals surface area contributed by atoms with Crippen molar-refractivity contribution in [3.8, 4) is 5.75 Å². The summed E-state index contributed by atoms with van der Waals surface area (Å²) < 4.78 is 9.80. The number of carbonyl (C=O) groups excluding carboxylic acids is 1. The Bertz CT molecular complexity index is 381. The summed E-state index contributed by atoms with van der Waals surface area (Å²) in [7, 11) is 2.88. The number of rotatable bonds is 4. The maximum absolute atomic E-state index is 11.7. The van der Waals surface area contributed by atoms with Crippen LogP contribution in [0, 0.1) is 0 Å². The van der Waals surface area contributed by atoms with Crippen LogP contribution >= 0.6 is 0 Å². The monoisotopic (exact) mass is 224 g/mol. The minimum absolute atomic E-state index is 0.455. The van der Waals surface area contributed by atoms with Gasteiger partial charge < -0.3 is 9.47 Å². The molecule has 0 aliphatic heterocycles. The Kier molecular flexibility index (Phi) is 3.87.